The van der Waals surface area contributed by atoms with Gasteiger partial charge in [0.2, 0.25) is 0 Å². The maximum absolute atomic E-state index is 12.9. The summed E-state index contributed by atoms with van der Waals surface area (Å²) in [6, 6.07) is 18.1. The van der Waals surface area contributed by atoms with E-state index in [0.29, 0.717) is 12.1 Å². The summed E-state index contributed by atoms with van der Waals surface area (Å²) < 4.78 is 7.11. The first kappa shape index (κ1) is 16.4. The fraction of sp³-hybridized carbons (Fsp3) is 0.238. The van der Waals surface area contributed by atoms with Gasteiger partial charge in [0.05, 0.1) is 31.5 Å². The van der Waals surface area contributed by atoms with Gasteiger partial charge in [-0.2, -0.15) is 5.10 Å². The van der Waals surface area contributed by atoms with Crippen molar-refractivity contribution in [3.05, 3.63) is 83.7 Å². The van der Waals surface area contributed by atoms with E-state index in [2.05, 4.69) is 17.2 Å². The van der Waals surface area contributed by atoms with Crippen LogP contribution in [0.1, 0.15) is 33.9 Å². The lowest BCUT2D eigenvalue weighted by Crippen LogP contribution is -2.45. The molecule has 0 bridgehead atoms. The fourth-order valence-electron chi connectivity index (χ4n) is 3.32. The van der Waals surface area contributed by atoms with Crippen molar-refractivity contribution in [2.45, 2.75) is 19.0 Å². The quantitative estimate of drug-likeness (QED) is 0.709. The first-order valence-electron chi connectivity index (χ1n) is 8.76. The van der Waals surface area contributed by atoms with E-state index in [0.717, 1.165) is 29.8 Å². The summed E-state index contributed by atoms with van der Waals surface area (Å²) in [5.74, 6) is 0.848. The van der Waals surface area contributed by atoms with Crippen molar-refractivity contribution in [1.82, 2.24) is 14.7 Å². The van der Waals surface area contributed by atoms with Crippen LogP contribution in [0.3, 0.4) is 0 Å². The number of carbonyl (C=O) groups is 1. The first-order valence-corrected chi connectivity index (χ1v) is 8.76. The molecule has 0 saturated carbocycles. The van der Waals surface area contributed by atoms with Gasteiger partial charge in [0, 0.05) is 12.7 Å². The number of hydrogen-bond acceptors (Lipinski definition) is 3. The predicted molar refractivity (Wildman–Crippen MR) is 99.2 cm³/mol. The Bertz CT molecular complexity index is 904. The fourth-order valence-corrected chi connectivity index (χ4v) is 3.32. The second kappa shape index (κ2) is 7.04. The van der Waals surface area contributed by atoms with Crippen LogP contribution in [0.25, 0.3) is 0 Å². The van der Waals surface area contributed by atoms with Gasteiger partial charge in [0.15, 0.2) is 0 Å². The van der Waals surface area contributed by atoms with Gasteiger partial charge in [0.25, 0.3) is 5.91 Å². The average molecular weight is 347 g/mol. The molecule has 2 aromatic carbocycles. The molecule has 1 aliphatic rings. The SMILES string of the molecule is COc1cccc(C2CCN2C(=O)c2cnn(Cc3ccccc3)c2)c1. The van der Waals surface area contributed by atoms with Crippen molar-refractivity contribution in [3.63, 3.8) is 0 Å². The lowest BCUT2D eigenvalue weighted by molar-refractivity contribution is 0.0460. The average Bonchev–Trinajstić information content (AvgIpc) is 3.10. The molecule has 2 heterocycles. The monoisotopic (exact) mass is 347 g/mol. The molecule has 0 N–H and O–H groups in total. The third-order valence-corrected chi connectivity index (χ3v) is 4.83. The molecule has 0 radical (unpaired) electrons. The van der Waals surface area contributed by atoms with Crippen LogP contribution in [-0.2, 0) is 6.54 Å². The number of ether oxygens (including phenoxy) is 1. The Labute approximate surface area is 152 Å². The van der Waals surface area contributed by atoms with Crippen molar-refractivity contribution in [1.29, 1.82) is 0 Å². The molecule has 132 valence electrons. The number of benzene rings is 2. The number of rotatable bonds is 5. The minimum atomic E-state index is 0.0309. The van der Waals surface area contributed by atoms with Crippen LogP contribution in [-0.4, -0.2) is 34.2 Å². The second-order valence-corrected chi connectivity index (χ2v) is 6.49. The van der Waals surface area contributed by atoms with Gasteiger partial charge in [-0.05, 0) is 29.7 Å². The second-order valence-electron chi connectivity index (χ2n) is 6.49. The van der Waals surface area contributed by atoms with Crippen molar-refractivity contribution in [3.8, 4) is 5.75 Å². The molecule has 3 aromatic rings. The number of nitrogens with zero attached hydrogens (tertiary/aromatic N) is 3. The van der Waals surface area contributed by atoms with Gasteiger partial charge >= 0.3 is 0 Å². The van der Waals surface area contributed by atoms with E-state index < -0.39 is 0 Å². The van der Waals surface area contributed by atoms with Crippen molar-refractivity contribution >= 4 is 5.91 Å². The minimum absolute atomic E-state index is 0.0309. The molecule has 1 aromatic heterocycles. The summed E-state index contributed by atoms with van der Waals surface area (Å²) >= 11 is 0. The number of amides is 1. The lowest BCUT2D eigenvalue weighted by atomic mass is 9.94. The summed E-state index contributed by atoms with van der Waals surface area (Å²) in [6.45, 7) is 1.43. The highest BCUT2D eigenvalue weighted by Crippen LogP contribution is 2.35. The van der Waals surface area contributed by atoms with E-state index in [1.165, 1.54) is 0 Å². The van der Waals surface area contributed by atoms with Gasteiger partial charge in [-0.3, -0.25) is 9.48 Å². The topological polar surface area (TPSA) is 47.4 Å². The molecule has 1 amide bonds. The van der Waals surface area contributed by atoms with Crippen LogP contribution in [0, 0.1) is 0 Å². The van der Waals surface area contributed by atoms with Crippen molar-refractivity contribution < 1.29 is 9.53 Å². The summed E-state index contributed by atoms with van der Waals surface area (Å²) in [6.07, 6.45) is 4.46. The zero-order chi connectivity index (χ0) is 17.9. The third-order valence-electron chi connectivity index (χ3n) is 4.83. The summed E-state index contributed by atoms with van der Waals surface area (Å²) in [5, 5.41) is 4.35. The van der Waals surface area contributed by atoms with Gasteiger partial charge in [-0.1, -0.05) is 42.5 Å². The molecule has 4 rings (SSSR count). The zero-order valence-electron chi connectivity index (χ0n) is 14.7. The van der Waals surface area contributed by atoms with Crippen LogP contribution in [0.15, 0.2) is 67.0 Å². The Morgan fingerprint density at radius 2 is 2.04 bits per heavy atom. The zero-order valence-corrected chi connectivity index (χ0v) is 14.7. The van der Waals surface area contributed by atoms with Gasteiger partial charge in [-0.25, -0.2) is 0 Å². The van der Waals surface area contributed by atoms with Crippen LogP contribution in [0.5, 0.6) is 5.75 Å². The predicted octanol–water partition coefficient (Wildman–Crippen LogP) is 3.53. The molecule has 1 atom stereocenters. The minimum Gasteiger partial charge on any atom is -0.497 e. The Kier molecular flexibility index (Phi) is 4.44. The standard InChI is InChI=1S/C21H21N3O2/c1-26-19-9-5-8-17(12-19)20-10-11-24(20)21(25)18-13-22-23(15-18)14-16-6-3-2-4-7-16/h2-9,12-13,15,20H,10-11,14H2,1H3. The molecule has 26 heavy (non-hydrogen) atoms. The highest BCUT2D eigenvalue weighted by atomic mass is 16.5. The molecule has 5 heteroatoms. The molecule has 1 saturated heterocycles. The molecular formula is C21H21N3O2. The Balaban J connectivity index is 1.47. The molecule has 1 fully saturated rings. The normalized spacial score (nSPS) is 16.2. The van der Waals surface area contributed by atoms with Crippen molar-refractivity contribution in [2.24, 2.45) is 0 Å². The van der Waals surface area contributed by atoms with Crippen LogP contribution in [0.2, 0.25) is 0 Å². The largest absolute Gasteiger partial charge is 0.497 e. The molecular weight excluding hydrogens is 326 g/mol. The van der Waals surface area contributed by atoms with E-state index in [1.54, 1.807) is 13.3 Å². The molecule has 1 unspecified atom stereocenters. The van der Waals surface area contributed by atoms with Gasteiger partial charge < -0.3 is 9.64 Å². The molecule has 0 spiro atoms. The Morgan fingerprint density at radius 3 is 2.77 bits per heavy atom. The molecule has 0 aliphatic carbocycles. The van der Waals surface area contributed by atoms with Crippen LogP contribution >= 0.6 is 0 Å². The molecule has 1 aliphatic heterocycles. The highest BCUT2D eigenvalue weighted by Gasteiger charge is 2.34. The molecule has 5 nitrogen and oxygen atoms in total. The Morgan fingerprint density at radius 1 is 1.19 bits per heavy atom. The van der Waals surface area contributed by atoms with E-state index >= 15 is 0 Å². The maximum atomic E-state index is 12.9. The summed E-state index contributed by atoms with van der Waals surface area (Å²) in [7, 11) is 1.66. The smallest absolute Gasteiger partial charge is 0.257 e. The number of methoxy groups -OCH3 is 1. The lowest BCUT2D eigenvalue weighted by Gasteiger charge is -2.41. The maximum Gasteiger partial charge on any atom is 0.257 e. The van der Waals surface area contributed by atoms with Crippen LogP contribution in [0.4, 0.5) is 0 Å². The van der Waals surface area contributed by atoms with E-state index in [1.807, 2.05) is 58.2 Å². The first-order chi connectivity index (χ1) is 12.7. The van der Waals surface area contributed by atoms with Gasteiger partial charge in [0.1, 0.15) is 5.75 Å². The summed E-state index contributed by atoms with van der Waals surface area (Å²) in [5.41, 5.74) is 2.90. The number of aromatic nitrogens is 2. The van der Waals surface area contributed by atoms with Gasteiger partial charge in [-0.15, -0.1) is 0 Å². The summed E-state index contributed by atoms with van der Waals surface area (Å²) in [4.78, 5) is 14.8. The highest BCUT2D eigenvalue weighted by molar-refractivity contribution is 5.94. The third kappa shape index (κ3) is 3.20. The van der Waals surface area contributed by atoms with Crippen molar-refractivity contribution in [2.75, 3.05) is 13.7 Å². The number of hydrogen-bond donors (Lipinski definition) is 0. The Hall–Kier alpha value is -3.08. The number of carbonyl (C=O) groups excluding carboxylic acids is 1. The van der Waals surface area contributed by atoms with E-state index in [9.17, 15) is 4.79 Å². The van der Waals surface area contributed by atoms with E-state index in [4.69, 9.17) is 4.74 Å². The van der Waals surface area contributed by atoms with E-state index in [-0.39, 0.29) is 11.9 Å². The number of likely N-dealkylation sites (tertiary alicyclic amines) is 1. The van der Waals surface area contributed by atoms with Crippen LogP contribution < -0.4 is 4.74 Å².